The molecule has 0 aliphatic carbocycles. The number of nitrogens with one attached hydrogen (secondary N) is 2. The van der Waals surface area contributed by atoms with Crippen LogP contribution in [0, 0.1) is 0 Å². The molecule has 0 saturated carbocycles. The number of hydrogen-bond donors (Lipinski definition) is 2. The van der Waals surface area contributed by atoms with Gasteiger partial charge in [-0.15, -0.1) is 0 Å². The average molecular weight is 413 g/mol. The van der Waals surface area contributed by atoms with Gasteiger partial charge in [0.1, 0.15) is 5.82 Å². The Morgan fingerprint density at radius 3 is 2.39 bits per heavy atom. The fourth-order valence-corrected chi connectivity index (χ4v) is 3.56. The van der Waals surface area contributed by atoms with Crippen molar-refractivity contribution in [2.45, 2.75) is 0 Å². The summed E-state index contributed by atoms with van der Waals surface area (Å²) in [6.07, 6.45) is 10.4. The van der Waals surface area contributed by atoms with E-state index in [1.165, 1.54) is 0 Å². The molecular formula is C22H23N9. The number of hydrogen-bond acceptors (Lipinski definition) is 9. The van der Waals surface area contributed by atoms with Gasteiger partial charge in [-0.25, -0.2) is 15.0 Å². The minimum atomic E-state index is 0.690. The van der Waals surface area contributed by atoms with Crippen LogP contribution in [0.1, 0.15) is 0 Å². The number of likely N-dealkylation sites (N-methyl/N-ethyl adjacent to an activating group) is 1. The molecule has 0 atom stereocenters. The number of nitrogens with zero attached hydrogens (tertiary/aromatic N) is 7. The normalized spacial score (nSPS) is 14.5. The first-order chi connectivity index (χ1) is 15.2. The zero-order valence-corrected chi connectivity index (χ0v) is 17.2. The van der Waals surface area contributed by atoms with Crippen molar-refractivity contribution in [3.8, 4) is 0 Å². The highest BCUT2D eigenvalue weighted by Crippen LogP contribution is 2.27. The molecule has 0 unspecified atom stereocenters. The summed E-state index contributed by atoms with van der Waals surface area (Å²) in [6, 6.07) is 7.98. The Morgan fingerprint density at radius 1 is 0.774 bits per heavy atom. The summed E-state index contributed by atoms with van der Waals surface area (Å²) in [5.41, 5.74) is 3.56. The van der Waals surface area contributed by atoms with Crippen LogP contribution < -0.4 is 15.5 Å². The number of piperazine rings is 1. The van der Waals surface area contributed by atoms with Crippen molar-refractivity contribution < 1.29 is 0 Å². The Kier molecular flexibility index (Phi) is 5.24. The molecule has 0 spiro atoms. The molecule has 1 aromatic carbocycles. The molecule has 0 amide bonds. The van der Waals surface area contributed by atoms with Crippen LogP contribution in [0.15, 0.2) is 61.4 Å². The number of pyridine rings is 1. The Hall–Kier alpha value is -3.85. The second-order valence-electron chi connectivity index (χ2n) is 7.49. The highest BCUT2D eigenvalue weighted by atomic mass is 15.3. The van der Waals surface area contributed by atoms with Gasteiger partial charge in [0.15, 0.2) is 0 Å². The quantitative estimate of drug-likeness (QED) is 0.512. The number of benzene rings is 1. The first-order valence-electron chi connectivity index (χ1n) is 10.2. The Morgan fingerprint density at radius 2 is 1.61 bits per heavy atom. The van der Waals surface area contributed by atoms with E-state index >= 15 is 0 Å². The third kappa shape index (κ3) is 4.36. The van der Waals surface area contributed by atoms with E-state index in [9.17, 15) is 0 Å². The van der Waals surface area contributed by atoms with E-state index in [2.05, 4.69) is 52.4 Å². The summed E-state index contributed by atoms with van der Waals surface area (Å²) >= 11 is 0. The topological polar surface area (TPSA) is 95.0 Å². The van der Waals surface area contributed by atoms with Crippen molar-refractivity contribution in [1.82, 2.24) is 29.8 Å². The van der Waals surface area contributed by atoms with Gasteiger partial charge in [0.05, 0.1) is 35.5 Å². The van der Waals surface area contributed by atoms with Crippen molar-refractivity contribution in [2.75, 3.05) is 48.8 Å². The lowest BCUT2D eigenvalue weighted by Crippen LogP contribution is -2.45. The summed E-state index contributed by atoms with van der Waals surface area (Å²) in [4.78, 5) is 26.5. The van der Waals surface area contributed by atoms with E-state index in [4.69, 9.17) is 0 Å². The van der Waals surface area contributed by atoms with Crippen LogP contribution in [0.25, 0.3) is 10.9 Å². The summed E-state index contributed by atoms with van der Waals surface area (Å²) < 4.78 is 0. The molecule has 9 nitrogen and oxygen atoms in total. The lowest BCUT2D eigenvalue weighted by atomic mass is 10.1. The van der Waals surface area contributed by atoms with Crippen molar-refractivity contribution in [3.63, 3.8) is 0 Å². The molecule has 156 valence electrons. The van der Waals surface area contributed by atoms with Crippen molar-refractivity contribution >= 4 is 39.7 Å². The zero-order valence-electron chi connectivity index (χ0n) is 17.2. The van der Waals surface area contributed by atoms with Crippen molar-refractivity contribution in [3.05, 3.63) is 61.4 Å². The van der Waals surface area contributed by atoms with Gasteiger partial charge in [-0.05, 0) is 31.3 Å². The molecule has 4 heterocycles. The van der Waals surface area contributed by atoms with Gasteiger partial charge in [0.2, 0.25) is 5.95 Å². The first-order valence-corrected chi connectivity index (χ1v) is 10.2. The Labute approximate surface area is 180 Å². The number of rotatable bonds is 5. The van der Waals surface area contributed by atoms with Gasteiger partial charge in [-0.1, -0.05) is 0 Å². The van der Waals surface area contributed by atoms with Gasteiger partial charge in [0.25, 0.3) is 0 Å². The molecular weight excluding hydrogens is 390 g/mol. The predicted molar refractivity (Wildman–Crippen MR) is 122 cm³/mol. The molecule has 2 N–H and O–H groups in total. The summed E-state index contributed by atoms with van der Waals surface area (Å²) in [5.74, 6) is 1.47. The number of aromatic nitrogens is 5. The van der Waals surface area contributed by atoms with Crippen molar-refractivity contribution in [1.29, 1.82) is 0 Å². The Balaban J connectivity index is 1.32. The van der Waals surface area contributed by atoms with Crippen LogP contribution in [0.5, 0.6) is 0 Å². The molecule has 4 aromatic rings. The molecule has 31 heavy (non-hydrogen) atoms. The van der Waals surface area contributed by atoms with E-state index in [-0.39, 0.29) is 0 Å². The largest absolute Gasteiger partial charge is 0.353 e. The molecule has 0 radical (unpaired) electrons. The Bertz CT molecular complexity index is 1160. The van der Waals surface area contributed by atoms with E-state index in [0.29, 0.717) is 5.82 Å². The maximum atomic E-state index is 4.54. The van der Waals surface area contributed by atoms with Crippen molar-refractivity contribution in [2.24, 2.45) is 0 Å². The van der Waals surface area contributed by atoms with Crippen LogP contribution in [0.3, 0.4) is 0 Å². The van der Waals surface area contributed by atoms with Crippen LogP contribution >= 0.6 is 0 Å². The monoisotopic (exact) mass is 413 g/mol. The van der Waals surface area contributed by atoms with Crippen LogP contribution in [-0.2, 0) is 0 Å². The molecule has 1 aliphatic rings. The molecule has 3 aromatic heterocycles. The number of anilines is 5. The third-order valence-electron chi connectivity index (χ3n) is 5.28. The van der Waals surface area contributed by atoms with Gasteiger partial charge >= 0.3 is 0 Å². The van der Waals surface area contributed by atoms with Gasteiger partial charge in [-0.3, -0.25) is 9.97 Å². The lowest BCUT2D eigenvalue weighted by molar-refractivity contribution is 0.311. The molecule has 9 heteroatoms. The van der Waals surface area contributed by atoms with Gasteiger partial charge in [-0.2, -0.15) is 0 Å². The third-order valence-corrected chi connectivity index (χ3v) is 5.28. The second-order valence-corrected chi connectivity index (χ2v) is 7.49. The smallest absolute Gasteiger partial charge is 0.225 e. The van der Waals surface area contributed by atoms with E-state index in [0.717, 1.165) is 60.1 Å². The standard InChI is InChI=1S/C22H23N9/c1-30-8-10-31(11-9-30)22-26-13-17(14-27-22)28-16-2-3-18-19(4-5-24-20(18)12-16)29-21-15-23-6-7-25-21/h2-7,12-15,28H,8-11H2,1H3,(H,24,25,29). The van der Waals surface area contributed by atoms with E-state index < -0.39 is 0 Å². The predicted octanol–water partition coefficient (Wildman–Crippen LogP) is 3.05. The molecule has 1 fully saturated rings. The fraction of sp³-hybridized carbons (Fsp3) is 0.227. The maximum Gasteiger partial charge on any atom is 0.225 e. The fourth-order valence-electron chi connectivity index (χ4n) is 3.56. The summed E-state index contributed by atoms with van der Waals surface area (Å²) in [6.45, 7) is 3.96. The molecule has 5 rings (SSSR count). The SMILES string of the molecule is CN1CCN(c2ncc(Nc3ccc4c(Nc5cnccn5)ccnc4c3)cn2)CC1. The zero-order chi connectivity index (χ0) is 21.0. The van der Waals surface area contributed by atoms with Gasteiger partial charge < -0.3 is 20.4 Å². The van der Waals surface area contributed by atoms with Crippen LogP contribution in [0.2, 0.25) is 0 Å². The van der Waals surface area contributed by atoms with E-state index in [1.807, 2.05) is 36.7 Å². The summed E-state index contributed by atoms with van der Waals surface area (Å²) in [5, 5.41) is 7.66. The van der Waals surface area contributed by atoms with Crippen LogP contribution in [0.4, 0.5) is 28.8 Å². The number of fused-ring (bicyclic) bond motifs is 1. The minimum Gasteiger partial charge on any atom is -0.353 e. The van der Waals surface area contributed by atoms with Crippen LogP contribution in [-0.4, -0.2) is 63.0 Å². The highest BCUT2D eigenvalue weighted by Gasteiger charge is 2.16. The minimum absolute atomic E-state index is 0.690. The molecule has 1 saturated heterocycles. The first kappa shape index (κ1) is 19.1. The molecule has 1 aliphatic heterocycles. The molecule has 0 bridgehead atoms. The summed E-state index contributed by atoms with van der Waals surface area (Å²) in [7, 11) is 2.14. The lowest BCUT2D eigenvalue weighted by Gasteiger charge is -2.32. The van der Waals surface area contributed by atoms with E-state index in [1.54, 1.807) is 24.8 Å². The highest BCUT2D eigenvalue weighted by molar-refractivity contribution is 5.94. The van der Waals surface area contributed by atoms with Gasteiger partial charge in [0, 0.05) is 55.8 Å². The second kappa shape index (κ2) is 8.49. The average Bonchev–Trinajstić information content (AvgIpc) is 2.81. The maximum absolute atomic E-state index is 4.54.